The van der Waals surface area contributed by atoms with Gasteiger partial charge in [-0.15, -0.1) is 0 Å². The van der Waals surface area contributed by atoms with Gasteiger partial charge in [-0.2, -0.15) is 5.10 Å². The standard InChI is InChI=1S/C17H21N5O3/c23-16(15-10-18-5-6-19-15)21-8-9-24-13-17(12-21)3-2-14(25-17)11-22-7-1-4-20-22/h1,4-7,10,14H,2-3,8-9,11-13H2/t14-,17+/m1/s1. The first-order valence-electron chi connectivity index (χ1n) is 8.52. The SMILES string of the molecule is O=C(c1cnccn1)N1CCOC[C@]2(CC[C@H](Cn3cccn3)O2)C1. The van der Waals surface area contributed by atoms with Gasteiger partial charge < -0.3 is 14.4 Å². The van der Waals surface area contributed by atoms with Gasteiger partial charge in [0.25, 0.3) is 5.91 Å². The van der Waals surface area contributed by atoms with Gasteiger partial charge >= 0.3 is 0 Å². The molecule has 0 N–H and O–H groups in total. The normalized spacial score (nSPS) is 26.7. The first-order valence-corrected chi connectivity index (χ1v) is 8.52. The highest BCUT2D eigenvalue weighted by Gasteiger charge is 2.44. The zero-order chi connectivity index (χ0) is 17.1. The molecule has 0 aliphatic carbocycles. The van der Waals surface area contributed by atoms with Crippen molar-refractivity contribution in [3.8, 4) is 0 Å². The second-order valence-electron chi connectivity index (χ2n) is 6.56. The molecule has 8 heteroatoms. The lowest BCUT2D eigenvalue weighted by Crippen LogP contribution is -2.47. The number of ether oxygens (including phenoxy) is 2. The Balaban J connectivity index is 1.46. The van der Waals surface area contributed by atoms with E-state index in [4.69, 9.17) is 9.47 Å². The molecule has 0 saturated carbocycles. The Hall–Kier alpha value is -2.32. The Bertz CT molecular complexity index is 708. The molecule has 0 bridgehead atoms. The Morgan fingerprint density at radius 2 is 2.32 bits per heavy atom. The molecule has 2 atom stereocenters. The van der Waals surface area contributed by atoms with Gasteiger partial charge in [0.2, 0.25) is 0 Å². The van der Waals surface area contributed by atoms with Crippen LogP contribution in [0.4, 0.5) is 0 Å². The summed E-state index contributed by atoms with van der Waals surface area (Å²) in [4.78, 5) is 22.6. The van der Waals surface area contributed by atoms with Crippen LogP contribution in [0.1, 0.15) is 23.3 Å². The maximum atomic E-state index is 12.7. The number of hydrogen-bond donors (Lipinski definition) is 0. The van der Waals surface area contributed by atoms with Gasteiger partial charge in [0.15, 0.2) is 0 Å². The lowest BCUT2D eigenvalue weighted by atomic mass is 10.00. The van der Waals surface area contributed by atoms with E-state index in [1.807, 2.05) is 16.9 Å². The topological polar surface area (TPSA) is 82.4 Å². The summed E-state index contributed by atoms with van der Waals surface area (Å²) in [5.74, 6) is -0.128. The minimum Gasteiger partial charge on any atom is -0.377 e. The molecule has 0 aromatic carbocycles. The summed E-state index contributed by atoms with van der Waals surface area (Å²) in [6.07, 6.45) is 10.2. The number of hydrogen-bond acceptors (Lipinski definition) is 6. The lowest BCUT2D eigenvalue weighted by molar-refractivity contribution is -0.0881. The van der Waals surface area contributed by atoms with Gasteiger partial charge in [-0.3, -0.25) is 14.5 Å². The Kier molecular flexibility index (Phi) is 4.46. The third kappa shape index (κ3) is 3.54. The number of aromatic nitrogens is 4. The van der Waals surface area contributed by atoms with Crippen LogP contribution in [0.5, 0.6) is 0 Å². The average molecular weight is 343 g/mol. The minimum atomic E-state index is -0.452. The molecule has 0 radical (unpaired) electrons. The van der Waals surface area contributed by atoms with Crippen molar-refractivity contribution in [1.82, 2.24) is 24.6 Å². The van der Waals surface area contributed by atoms with Crippen LogP contribution < -0.4 is 0 Å². The molecule has 2 aromatic rings. The predicted octanol–water partition coefficient (Wildman–Crippen LogP) is 0.763. The van der Waals surface area contributed by atoms with E-state index >= 15 is 0 Å². The highest BCUT2D eigenvalue weighted by atomic mass is 16.6. The summed E-state index contributed by atoms with van der Waals surface area (Å²) in [6, 6.07) is 1.90. The largest absolute Gasteiger partial charge is 0.377 e. The van der Waals surface area contributed by atoms with Crippen molar-refractivity contribution in [2.45, 2.75) is 31.1 Å². The molecule has 4 heterocycles. The third-order valence-corrected chi connectivity index (χ3v) is 4.71. The molecule has 2 aromatic heterocycles. The van der Waals surface area contributed by atoms with E-state index in [0.29, 0.717) is 38.5 Å². The number of carbonyl (C=O) groups is 1. The minimum absolute atomic E-state index is 0.0788. The molecule has 2 saturated heterocycles. The molecule has 2 aliphatic rings. The summed E-state index contributed by atoms with van der Waals surface area (Å²) in [6.45, 7) is 2.77. The van der Waals surface area contributed by atoms with Gasteiger partial charge in [0.1, 0.15) is 11.3 Å². The van der Waals surface area contributed by atoms with Crippen molar-refractivity contribution in [2.75, 3.05) is 26.3 Å². The van der Waals surface area contributed by atoms with E-state index in [1.165, 1.54) is 12.4 Å². The van der Waals surface area contributed by atoms with Crippen molar-refractivity contribution < 1.29 is 14.3 Å². The van der Waals surface area contributed by atoms with Crippen LogP contribution in [0.25, 0.3) is 0 Å². The summed E-state index contributed by atoms with van der Waals surface area (Å²) < 4.78 is 14.0. The van der Waals surface area contributed by atoms with Crippen LogP contribution in [0.2, 0.25) is 0 Å². The van der Waals surface area contributed by atoms with Crippen molar-refractivity contribution >= 4 is 5.91 Å². The molecule has 1 spiro atoms. The average Bonchev–Trinajstić information content (AvgIpc) is 3.23. The van der Waals surface area contributed by atoms with Gasteiger partial charge in [0, 0.05) is 31.3 Å². The number of nitrogens with zero attached hydrogens (tertiary/aromatic N) is 5. The summed E-state index contributed by atoms with van der Waals surface area (Å²) in [7, 11) is 0. The molecule has 2 fully saturated rings. The molecule has 1 amide bonds. The monoisotopic (exact) mass is 343 g/mol. The molecule has 0 unspecified atom stereocenters. The van der Waals surface area contributed by atoms with Gasteiger partial charge in [-0.25, -0.2) is 4.98 Å². The van der Waals surface area contributed by atoms with Gasteiger partial charge in [-0.05, 0) is 18.9 Å². The number of carbonyl (C=O) groups excluding carboxylic acids is 1. The van der Waals surface area contributed by atoms with E-state index in [2.05, 4.69) is 15.1 Å². The van der Waals surface area contributed by atoms with Crippen molar-refractivity contribution in [1.29, 1.82) is 0 Å². The number of rotatable bonds is 3. The highest BCUT2D eigenvalue weighted by Crippen LogP contribution is 2.34. The summed E-state index contributed by atoms with van der Waals surface area (Å²) >= 11 is 0. The molecule has 25 heavy (non-hydrogen) atoms. The Morgan fingerprint density at radius 1 is 1.36 bits per heavy atom. The van der Waals surface area contributed by atoms with Crippen LogP contribution >= 0.6 is 0 Å². The zero-order valence-electron chi connectivity index (χ0n) is 14.0. The molecule has 8 nitrogen and oxygen atoms in total. The first kappa shape index (κ1) is 16.2. The van der Waals surface area contributed by atoms with Crippen molar-refractivity contribution in [2.24, 2.45) is 0 Å². The number of amides is 1. The van der Waals surface area contributed by atoms with E-state index in [9.17, 15) is 4.79 Å². The van der Waals surface area contributed by atoms with Gasteiger partial charge in [-0.1, -0.05) is 0 Å². The van der Waals surface area contributed by atoms with Crippen LogP contribution in [0.3, 0.4) is 0 Å². The van der Waals surface area contributed by atoms with Gasteiger partial charge in [0.05, 0.1) is 38.6 Å². The second kappa shape index (κ2) is 6.89. The van der Waals surface area contributed by atoms with Crippen LogP contribution in [0, 0.1) is 0 Å². The lowest BCUT2D eigenvalue weighted by Gasteiger charge is -2.31. The van der Waals surface area contributed by atoms with E-state index in [0.717, 1.165) is 12.8 Å². The Morgan fingerprint density at radius 3 is 3.12 bits per heavy atom. The third-order valence-electron chi connectivity index (χ3n) is 4.71. The van der Waals surface area contributed by atoms with Crippen molar-refractivity contribution in [3.63, 3.8) is 0 Å². The summed E-state index contributed by atoms with van der Waals surface area (Å²) in [5.41, 5.74) is -0.0998. The fraction of sp³-hybridized carbons (Fsp3) is 0.529. The van der Waals surface area contributed by atoms with Crippen molar-refractivity contribution in [3.05, 3.63) is 42.7 Å². The molecular formula is C17H21N5O3. The van der Waals surface area contributed by atoms with E-state index in [1.54, 1.807) is 17.3 Å². The smallest absolute Gasteiger partial charge is 0.274 e. The van der Waals surface area contributed by atoms with E-state index < -0.39 is 5.60 Å². The zero-order valence-corrected chi connectivity index (χ0v) is 14.0. The fourth-order valence-electron chi connectivity index (χ4n) is 3.51. The highest BCUT2D eigenvalue weighted by molar-refractivity contribution is 5.92. The van der Waals surface area contributed by atoms with Crippen LogP contribution in [-0.4, -0.2) is 68.6 Å². The second-order valence-corrected chi connectivity index (χ2v) is 6.56. The Labute approximate surface area is 145 Å². The maximum absolute atomic E-state index is 12.7. The fourth-order valence-corrected chi connectivity index (χ4v) is 3.51. The molecular weight excluding hydrogens is 322 g/mol. The maximum Gasteiger partial charge on any atom is 0.274 e. The molecule has 4 rings (SSSR count). The summed E-state index contributed by atoms with van der Waals surface area (Å²) in [5, 5.41) is 4.24. The first-order chi connectivity index (χ1) is 12.2. The molecule has 132 valence electrons. The van der Waals surface area contributed by atoms with Crippen LogP contribution in [0.15, 0.2) is 37.1 Å². The molecule has 2 aliphatic heterocycles. The predicted molar refractivity (Wildman–Crippen MR) is 87.8 cm³/mol. The van der Waals surface area contributed by atoms with Crippen LogP contribution in [-0.2, 0) is 16.0 Å². The quantitative estimate of drug-likeness (QED) is 0.818. The van der Waals surface area contributed by atoms with E-state index in [-0.39, 0.29) is 12.0 Å².